The maximum atomic E-state index is 10.7. The fraction of sp³-hybridized carbons (Fsp3) is 0.412. The maximum absolute atomic E-state index is 10.7. The molecular weight excluding hydrogens is 268 g/mol. The molecule has 0 amide bonds. The van der Waals surface area contributed by atoms with Crippen LogP contribution in [-0.2, 0) is 6.42 Å². The van der Waals surface area contributed by atoms with E-state index in [-0.39, 0.29) is 0 Å². The van der Waals surface area contributed by atoms with Crippen molar-refractivity contribution >= 4 is 22.5 Å². The average Bonchev–Trinajstić information content (AvgIpc) is 2.50. The van der Waals surface area contributed by atoms with Crippen molar-refractivity contribution in [2.75, 3.05) is 5.75 Å². The molecule has 3 rings (SSSR count). The predicted molar refractivity (Wildman–Crippen MR) is 85.7 cm³/mol. The van der Waals surface area contributed by atoms with E-state index in [0.29, 0.717) is 16.7 Å². The SMILES string of the molecule is CCCSC1CCCc2c1c(O)c1ccccc1c2O. The van der Waals surface area contributed by atoms with E-state index in [1.807, 2.05) is 36.0 Å². The number of benzene rings is 2. The molecular formula is C17H20O2S. The molecule has 1 aliphatic carbocycles. The molecule has 106 valence electrons. The van der Waals surface area contributed by atoms with E-state index in [1.165, 1.54) is 0 Å². The largest absolute Gasteiger partial charge is 0.507 e. The number of thioether (sulfide) groups is 1. The zero-order valence-electron chi connectivity index (χ0n) is 11.7. The van der Waals surface area contributed by atoms with Gasteiger partial charge in [-0.1, -0.05) is 31.2 Å². The van der Waals surface area contributed by atoms with E-state index >= 15 is 0 Å². The number of phenolic OH excluding ortho intramolecular Hbond substituents is 2. The molecule has 0 bridgehead atoms. The van der Waals surface area contributed by atoms with E-state index < -0.39 is 0 Å². The third kappa shape index (κ3) is 2.14. The first kappa shape index (κ1) is 13.6. The van der Waals surface area contributed by atoms with Crippen molar-refractivity contribution in [1.29, 1.82) is 0 Å². The number of hydrogen-bond acceptors (Lipinski definition) is 3. The van der Waals surface area contributed by atoms with Crippen LogP contribution in [0, 0.1) is 0 Å². The van der Waals surface area contributed by atoms with Crippen LogP contribution in [0.1, 0.15) is 42.6 Å². The second kappa shape index (κ2) is 5.57. The Morgan fingerprint density at radius 3 is 2.55 bits per heavy atom. The summed E-state index contributed by atoms with van der Waals surface area (Å²) >= 11 is 1.90. The smallest absolute Gasteiger partial charge is 0.128 e. The summed E-state index contributed by atoms with van der Waals surface area (Å²) in [6.07, 6.45) is 4.17. The third-order valence-corrected chi connectivity index (χ3v) is 5.56. The summed E-state index contributed by atoms with van der Waals surface area (Å²) in [6.45, 7) is 2.18. The number of hydrogen-bond donors (Lipinski definition) is 2. The lowest BCUT2D eigenvalue weighted by molar-refractivity contribution is 0.448. The van der Waals surface area contributed by atoms with Gasteiger partial charge in [-0.2, -0.15) is 11.8 Å². The highest BCUT2D eigenvalue weighted by molar-refractivity contribution is 7.99. The lowest BCUT2D eigenvalue weighted by atomic mass is 9.87. The van der Waals surface area contributed by atoms with Gasteiger partial charge in [-0.3, -0.25) is 0 Å². The van der Waals surface area contributed by atoms with Gasteiger partial charge in [-0.25, -0.2) is 0 Å². The van der Waals surface area contributed by atoms with Crippen molar-refractivity contribution in [3.63, 3.8) is 0 Å². The van der Waals surface area contributed by atoms with Crippen molar-refractivity contribution in [3.05, 3.63) is 35.4 Å². The molecule has 2 nitrogen and oxygen atoms in total. The van der Waals surface area contributed by atoms with Crippen molar-refractivity contribution in [3.8, 4) is 11.5 Å². The van der Waals surface area contributed by atoms with Crippen LogP contribution in [0.2, 0.25) is 0 Å². The molecule has 0 saturated heterocycles. The molecule has 0 radical (unpaired) electrons. The van der Waals surface area contributed by atoms with E-state index in [2.05, 4.69) is 6.92 Å². The first-order valence-corrected chi connectivity index (χ1v) is 8.36. The summed E-state index contributed by atoms with van der Waals surface area (Å²) in [6, 6.07) is 7.58. The Morgan fingerprint density at radius 1 is 1.15 bits per heavy atom. The molecule has 0 spiro atoms. The van der Waals surface area contributed by atoms with Gasteiger partial charge in [0.05, 0.1) is 0 Å². The molecule has 3 heteroatoms. The lowest BCUT2D eigenvalue weighted by Crippen LogP contribution is -2.09. The topological polar surface area (TPSA) is 40.5 Å². The fourth-order valence-corrected chi connectivity index (χ4v) is 4.38. The van der Waals surface area contributed by atoms with Gasteiger partial charge in [0.2, 0.25) is 0 Å². The molecule has 0 heterocycles. The highest BCUT2D eigenvalue weighted by atomic mass is 32.2. The second-order valence-electron chi connectivity index (χ2n) is 5.39. The highest BCUT2D eigenvalue weighted by Crippen LogP contribution is 2.50. The molecule has 0 aromatic heterocycles. The Hall–Kier alpha value is -1.35. The van der Waals surface area contributed by atoms with Crippen LogP contribution >= 0.6 is 11.8 Å². The molecule has 1 unspecified atom stereocenters. The fourth-order valence-electron chi connectivity index (χ4n) is 3.11. The quantitative estimate of drug-likeness (QED) is 0.799. The Kier molecular flexibility index (Phi) is 3.79. The van der Waals surface area contributed by atoms with Gasteiger partial charge in [-0.05, 0) is 31.4 Å². The normalized spacial score (nSPS) is 18.1. The van der Waals surface area contributed by atoms with Gasteiger partial charge in [0.1, 0.15) is 11.5 Å². The lowest BCUT2D eigenvalue weighted by Gasteiger charge is -2.27. The Bertz CT molecular complexity index is 636. The summed E-state index contributed by atoms with van der Waals surface area (Å²) in [5.41, 5.74) is 1.94. The predicted octanol–water partition coefficient (Wildman–Crippen LogP) is 4.77. The Labute approximate surface area is 123 Å². The summed E-state index contributed by atoms with van der Waals surface area (Å²) in [5.74, 6) is 1.84. The first-order chi connectivity index (χ1) is 9.74. The van der Waals surface area contributed by atoms with Crippen LogP contribution in [0.5, 0.6) is 11.5 Å². The number of aromatic hydroxyl groups is 2. The number of phenols is 2. The molecule has 1 aliphatic rings. The van der Waals surface area contributed by atoms with Crippen molar-refractivity contribution < 1.29 is 10.2 Å². The second-order valence-corrected chi connectivity index (χ2v) is 6.70. The minimum atomic E-state index is 0.314. The molecule has 1 atom stereocenters. The van der Waals surface area contributed by atoms with Crippen LogP contribution in [0.15, 0.2) is 24.3 Å². The summed E-state index contributed by atoms with van der Waals surface area (Å²) < 4.78 is 0. The number of fused-ring (bicyclic) bond motifs is 2. The molecule has 20 heavy (non-hydrogen) atoms. The zero-order valence-corrected chi connectivity index (χ0v) is 12.5. The monoisotopic (exact) mass is 288 g/mol. The standard InChI is InChI=1S/C17H20O2S/c1-2-10-20-14-9-5-8-13-15(14)17(19)12-7-4-3-6-11(12)16(13)18/h3-4,6-7,14,18-19H,2,5,8-10H2,1H3. The molecule has 0 fully saturated rings. The van der Waals surface area contributed by atoms with Gasteiger partial charge in [-0.15, -0.1) is 0 Å². The van der Waals surface area contributed by atoms with Crippen molar-refractivity contribution in [1.82, 2.24) is 0 Å². The third-order valence-electron chi connectivity index (χ3n) is 4.04. The first-order valence-electron chi connectivity index (χ1n) is 7.31. The van der Waals surface area contributed by atoms with E-state index in [1.54, 1.807) is 0 Å². The van der Waals surface area contributed by atoms with Crippen LogP contribution in [0.4, 0.5) is 0 Å². The van der Waals surface area contributed by atoms with Gasteiger partial charge in [0.25, 0.3) is 0 Å². The highest BCUT2D eigenvalue weighted by Gasteiger charge is 2.28. The van der Waals surface area contributed by atoms with Gasteiger partial charge >= 0.3 is 0 Å². The molecule has 2 aromatic rings. The van der Waals surface area contributed by atoms with Crippen LogP contribution < -0.4 is 0 Å². The molecule has 0 saturated carbocycles. The Morgan fingerprint density at radius 2 is 1.85 bits per heavy atom. The summed E-state index contributed by atoms with van der Waals surface area (Å²) in [4.78, 5) is 0. The van der Waals surface area contributed by atoms with Crippen molar-refractivity contribution in [2.45, 2.75) is 37.9 Å². The maximum Gasteiger partial charge on any atom is 0.128 e. The zero-order chi connectivity index (χ0) is 14.1. The van der Waals surface area contributed by atoms with E-state index in [4.69, 9.17) is 0 Å². The van der Waals surface area contributed by atoms with Crippen LogP contribution in [0.3, 0.4) is 0 Å². The minimum Gasteiger partial charge on any atom is -0.507 e. The van der Waals surface area contributed by atoms with Crippen LogP contribution in [0.25, 0.3) is 10.8 Å². The van der Waals surface area contributed by atoms with Crippen molar-refractivity contribution in [2.24, 2.45) is 0 Å². The van der Waals surface area contributed by atoms with Gasteiger partial charge in [0, 0.05) is 27.1 Å². The van der Waals surface area contributed by atoms with Gasteiger partial charge < -0.3 is 10.2 Å². The van der Waals surface area contributed by atoms with E-state index in [0.717, 1.165) is 53.3 Å². The Balaban J connectivity index is 2.20. The average molecular weight is 288 g/mol. The molecule has 2 aromatic carbocycles. The van der Waals surface area contributed by atoms with E-state index in [9.17, 15) is 10.2 Å². The molecule has 2 N–H and O–H groups in total. The number of rotatable bonds is 3. The minimum absolute atomic E-state index is 0.314. The summed E-state index contributed by atoms with van der Waals surface area (Å²) in [7, 11) is 0. The molecule has 0 aliphatic heterocycles. The van der Waals surface area contributed by atoms with Crippen LogP contribution in [-0.4, -0.2) is 16.0 Å². The van der Waals surface area contributed by atoms with Gasteiger partial charge in [0.15, 0.2) is 0 Å². The summed E-state index contributed by atoms with van der Waals surface area (Å²) in [5, 5.41) is 23.1.